The van der Waals surface area contributed by atoms with Gasteiger partial charge in [-0.05, 0) is 61.0 Å². The van der Waals surface area contributed by atoms with E-state index < -0.39 is 11.8 Å². The lowest BCUT2D eigenvalue weighted by molar-refractivity contribution is -0.120. The molecular weight excluding hydrogens is 533 g/mol. The Balaban J connectivity index is 1.54. The van der Waals surface area contributed by atoms with E-state index in [0.29, 0.717) is 50.8 Å². The van der Waals surface area contributed by atoms with Crippen LogP contribution in [0.1, 0.15) is 28.4 Å². The number of hydrogen-bond donors (Lipinski definition) is 2. The fourth-order valence-corrected chi connectivity index (χ4v) is 3.71. The summed E-state index contributed by atoms with van der Waals surface area (Å²) >= 11 is 12.2. The summed E-state index contributed by atoms with van der Waals surface area (Å²) in [5.41, 5.74) is 4.15. The third kappa shape index (κ3) is 8.03. The lowest BCUT2D eigenvalue weighted by atomic mass is 10.2. The molecule has 0 aliphatic rings. The summed E-state index contributed by atoms with van der Waals surface area (Å²) in [6.07, 6.45) is 1.45. The van der Waals surface area contributed by atoms with Gasteiger partial charge in [-0.3, -0.25) is 9.59 Å². The number of ether oxygens (including phenoxy) is 4. The van der Waals surface area contributed by atoms with Gasteiger partial charge in [0.1, 0.15) is 6.61 Å². The monoisotopic (exact) mass is 559 g/mol. The minimum Gasteiger partial charge on any atom is -0.493 e. The van der Waals surface area contributed by atoms with Crippen molar-refractivity contribution in [3.05, 3.63) is 81.3 Å². The van der Waals surface area contributed by atoms with E-state index in [-0.39, 0.29) is 13.2 Å². The summed E-state index contributed by atoms with van der Waals surface area (Å²) in [6.45, 7) is 2.25. The number of carbonyl (C=O) groups is 2. The summed E-state index contributed by atoms with van der Waals surface area (Å²) in [4.78, 5) is 24.5. The zero-order chi connectivity index (χ0) is 27.5. The van der Waals surface area contributed by atoms with Crippen LogP contribution in [0.15, 0.2) is 59.7 Å². The molecule has 2 amide bonds. The first-order chi connectivity index (χ1) is 18.3. The molecule has 38 heavy (non-hydrogen) atoms. The molecule has 0 bridgehead atoms. The quantitative estimate of drug-likeness (QED) is 0.242. The summed E-state index contributed by atoms with van der Waals surface area (Å²) in [5, 5.41) is 7.53. The Morgan fingerprint density at radius 2 is 1.66 bits per heavy atom. The van der Waals surface area contributed by atoms with Crippen molar-refractivity contribution < 1.29 is 28.5 Å². The molecule has 3 rings (SSSR count). The maximum atomic E-state index is 12.4. The van der Waals surface area contributed by atoms with Gasteiger partial charge in [0.15, 0.2) is 23.0 Å². The Hall–Kier alpha value is -3.95. The van der Waals surface area contributed by atoms with Crippen molar-refractivity contribution in [2.75, 3.05) is 27.4 Å². The summed E-state index contributed by atoms with van der Waals surface area (Å²) in [6, 6.07) is 15.1. The summed E-state index contributed by atoms with van der Waals surface area (Å²) in [5.74, 6) is 0.994. The van der Waals surface area contributed by atoms with Crippen LogP contribution in [-0.2, 0) is 11.4 Å². The zero-order valence-corrected chi connectivity index (χ0v) is 22.6. The first kappa shape index (κ1) is 28.6. The molecule has 2 N–H and O–H groups in total. The van der Waals surface area contributed by atoms with E-state index in [1.807, 2.05) is 6.92 Å². The fourth-order valence-electron chi connectivity index (χ4n) is 3.25. The van der Waals surface area contributed by atoms with Crippen molar-refractivity contribution in [2.45, 2.75) is 13.5 Å². The van der Waals surface area contributed by atoms with Gasteiger partial charge in [0.25, 0.3) is 11.8 Å². The van der Waals surface area contributed by atoms with E-state index in [0.717, 1.165) is 5.56 Å². The average molecular weight is 560 g/mol. The number of hydrazone groups is 1. The Bertz CT molecular complexity index is 1320. The highest BCUT2D eigenvalue weighted by molar-refractivity contribution is 6.35. The second kappa shape index (κ2) is 14.1. The molecule has 0 atom stereocenters. The topological polar surface area (TPSA) is 107 Å². The van der Waals surface area contributed by atoms with Crippen LogP contribution in [0.3, 0.4) is 0 Å². The van der Waals surface area contributed by atoms with E-state index in [1.54, 1.807) is 48.5 Å². The van der Waals surface area contributed by atoms with Gasteiger partial charge >= 0.3 is 0 Å². The first-order valence-electron chi connectivity index (χ1n) is 11.5. The summed E-state index contributed by atoms with van der Waals surface area (Å²) in [7, 11) is 2.97. The molecule has 3 aromatic rings. The molecule has 0 radical (unpaired) electrons. The van der Waals surface area contributed by atoms with Gasteiger partial charge in [0.2, 0.25) is 0 Å². The number of amides is 2. The first-order valence-corrected chi connectivity index (χ1v) is 12.3. The van der Waals surface area contributed by atoms with Crippen LogP contribution in [-0.4, -0.2) is 45.4 Å². The van der Waals surface area contributed by atoms with Gasteiger partial charge in [-0.2, -0.15) is 5.10 Å². The van der Waals surface area contributed by atoms with Crippen molar-refractivity contribution in [3.63, 3.8) is 0 Å². The molecule has 11 heteroatoms. The number of hydrogen-bond acceptors (Lipinski definition) is 7. The van der Waals surface area contributed by atoms with Crippen LogP contribution in [0.4, 0.5) is 0 Å². The average Bonchev–Trinajstić information content (AvgIpc) is 2.91. The molecule has 200 valence electrons. The van der Waals surface area contributed by atoms with Gasteiger partial charge in [-0.15, -0.1) is 0 Å². The zero-order valence-electron chi connectivity index (χ0n) is 21.0. The fraction of sp³-hybridized carbons (Fsp3) is 0.222. The van der Waals surface area contributed by atoms with Crippen LogP contribution in [0.2, 0.25) is 10.0 Å². The standard InChI is InChI=1S/C27H27Cl2N3O6/c1-4-37-25-11-17(5-9-23(25)38-16-19-6-8-20(28)13-21(19)29)14-31-32-26(33)15-30-27(34)18-7-10-22(35-2)24(12-18)36-3/h5-14H,4,15-16H2,1-3H3,(H,30,34)(H,32,33)/b31-14+. The minimum absolute atomic E-state index is 0.231. The van der Waals surface area contributed by atoms with E-state index in [4.69, 9.17) is 42.1 Å². The van der Waals surface area contributed by atoms with E-state index in [9.17, 15) is 9.59 Å². The summed E-state index contributed by atoms with van der Waals surface area (Å²) < 4.78 is 21.9. The molecule has 0 unspecified atom stereocenters. The lowest BCUT2D eigenvalue weighted by Crippen LogP contribution is -2.34. The predicted molar refractivity (Wildman–Crippen MR) is 146 cm³/mol. The van der Waals surface area contributed by atoms with Crippen LogP contribution < -0.4 is 29.7 Å². The number of benzene rings is 3. The van der Waals surface area contributed by atoms with Crippen molar-refractivity contribution in [1.29, 1.82) is 0 Å². The van der Waals surface area contributed by atoms with Crippen molar-refractivity contribution in [3.8, 4) is 23.0 Å². The number of nitrogens with one attached hydrogen (secondary N) is 2. The Kier molecular flexibility index (Phi) is 10.6. The number of methoxy groups -OCH3 is 2. The molecule has 0 aliphatic heterocycles. The van der Waals surface area contributed by atoms with E-state index in [1.165, 1.54) is 26.5 Å². The number of rotatable bonds is 12. The molecule has 3 aromatic carbocycles. The largest absolute Gasteiger partial charge is 0.493 e. The maximum absolute atomic E-state index is 12.4. The minimum atomic E-state index is -0.500. The Labute approximate surface area is 230 Å². The SMILES string of the molecule is CCOc1cc(/C=N/NC(=O)CNC(=O)c2ccc(OC)c(OC)c2)ccc1OCc1ccc(Cl)cc1Cl. The number of halogens is 2. The molecule has 0 aliphatic carbocycles. The molecule has 0 saturated carbocycles. The highest BCUT2D eigenvalue weighted by Crippen LogP contribution is 2.30. The van der Waals surface area contributed by atoms with Crippen LogP contribution in [0.5, 0.6) is 23.0 Å². The van der Waals surface area contributed by atoms with Crippen LogP contribution in [0, 0.1) is 0 Å². The second-order valence-electron chi connectivity index (χ2n) is 7.71. The van der Waals surface area contributed by atoms with Gasteiger partial charge in [0, 0.05) is 21.2 Å². The third-order valence-electron chi connectivity index (χ3n) is 5.12. The predicted octanol–water partition coefficient (Wildman–Crippen LogP) is 4.87. The highest BCUT2D eigenvalue weighted by atomic mass is 35.5. The van der Waals surface area contributed by atoms with E-state index >= 15 is 0 Å². The van der Waals surface area contributed by atoms with Crippen molar-refractivity contribution >= 4 is 41.2 Å². The van der Waals surface area contributed by atoms with Gasteiger partial charge in [0.05, 0.1) is 33.6 Å². The van der Waals surface area contributed by atoms with E-state index in [2.05, 4.69) is 15.8 Å². The third-order valence-corrected chi connectivity index (χ3v) is 5.71. The van der Waals surface area contributed by atoms with Crippen LogP contribution >= 0.6 is 23.2 Å². The van der Waals surface area contributed by atoms with Crippen LogP contribution in [0.25, 0.3) is 0 Å². The molecule has 0 fully saturated rings. The molecule has 9 nitrogen and oxygen atoms in total. The van der Waals surface area contributed by atoms with Gasteiger partial charge < -0.3 is 24.3 Å². The number of nitrogens with zero attached hydrogens (tertiary/aromatic N) is 1. The molecule has 0 spiro atoms. The van der Waals surface area contributed by atoms with Crippen molar-refractivity contribution in [2.24, 2.45) is 5.10 Å². The molecular formula is C27H27Cl2N3O6. The van der Waals surface area contributed by atoms with Gasteiger partial charge in [-0.1, -0.05) is 29.3 Å². The molecule has 0 saturated heterocycles. The highest BCUT2D eigenvalue weighted by Gasteiger charge is 2.12. The Morgan fingerprint density at radius 3 is 2.37 bits per heavy atom. The second-order valence-corrected chi connectivity index (χ2v) is 8.55. The lowest BCUT2D eigenvalue weighted by Gasteiger charge is -2.13. The number of carbonyl (C=O) groups excluding carboxylic acids is 2. The molecule has 0 aromatic heterocycles. The smallest absolute Gasteiger partial charge is 0.259 e. The maximum Gasteiger partial charge on any atom is 0.259 e. The van der Waals surface area contributed by atoms with Crippen molar-refractivity contribution in [1.82, 2.24) is 10.7 Å². The molecule has 0 heterocycles. The normalized spacial score (nSPS) is 10.7. The Morgan fingerprint density at radius 1 is 0.895 bits per heavy atom. The van der Waals surface area contributed by atoms with Gasteiger partial charge in [-0.25, -0.2) is 5.43 Å².